The van der Waals surface area contributed by atoms with Crippen molar-refractivity contribution in [1.29, 1.82) is 0 Å². The monoisotopic (exact) mass is 778 g/mol. The second kappa shape index (κ2) is 16.3. The van der Waals surface area contributed by atoms with Gasteiger partial charge in [-0.05, 0) is 78.6 Å². The molecule has 2 heterocycles. The number of alkyl halides is 6. The zero-order valence-corrected chi connectivity index (χ0v) is 30.6. The van der Waals surface area contributed by atoms with Crippen LogP contribution in [0.2, 0.25) is 10.3 Å². The summed E-state index contributed by atoms with van der Waals surface area (Å²) >= 11 is 11.5. The summed E-state index contributed by atoms with van der Waals surface area (Å²) in [5.74, 6) is -2.31. The molecule has 18 heteroatoms. The second-order valence-corrected chi connectivity index (χ2v) is 19.0. The summed E-state index contributed by atoms with van der Waals surface area (Å²) in [6, 6.07) is 4.31. The van der Waals surface area contributed by atoms with Crippen LogP contribution in [0.1, 0.15) is 79.6 Å². The summed E-state index contributed by atoms with van der Waals surface area (Å²) in [6.07, 6.45) is -16.9. The minimum Gasteiger partial charge on any atom is -0.384 e. The predicted octanol–water partition coefficient (Wildman–Crippen LogP) is 7.98. The molecule has 0 spiro atoms. The van der Waals surface area contributed by atoms with Crippen molar-refractivity contribution in [2.45, 2.75) is 113 Å². The Morgan fingerprint density at radius 1 is 0.625 bits per heavy atom. The lowest BCUT2D eigenvalue weighted by Crippen LogP contribution is -2.43. The van der Waals surface area contributed by atoms with Crippen LogP contribution < -0.4 is 0 Å². The van der Waals surface area contributed by atoms with Gasteiger partial charge in [0.15, 0.2) is 12.2 Å². The van der Waals surface area contributed by atoms with E-state index >= 15 is 0 Å². The highest BCUT2D eigenvalue weighted by Crippen LogP contribution is 2.39. The molecule has 6 atom stereocenters. The van der Waals surface area contributed by atoms with Gasteiger partial charge in [0, 0.05) is 53.4 Å². The van der Waals surface area contributed by atoms with E-state index in [1.165, 1.54) is 26.0 Å². The van der Waals surface area contributed by atoms with Crippen molar-refractivity contribution in [2.75, 3.05) is 11.5 Å². The summed E-state index contributed by atoms with van der Waals surface area (Å²) in [5, 5.41) is 18.7. The molecular formula is C30H40Cl2F8N2O4S2. The topological polar surface area (TPSA) is 100 Å². The van der Waals surface area contributed by atoms with Crippen molar-refractivity contribution < 1.29 is 53.8 Å². The van der Waals surface area contributed by atoms with E-state index in [-0.39, 0.29) is 33.2 Å². The van der Waals surface area contributed by atoms with Gasteiger partial charge in [-0.2, -0.15) is 26.3 Å². The van der Waals surface area contributed by atoms with E-state index in [1.54, 1.807) is 41.5 Å². The van der Waals surface area contributed by atoms with Crippen LogP contribution in [0.15, 0.2) is 24.3 Å². The zero-order chi connectivity index (χ0) is 37.8. The van der Waals surface area contributed by atoms with Gasteiger partial charge in [-0.1, -0.05) is 37.0 Å². The highest BCUT2D eigenvalue weighted by molar-refractivity contribution is 7.86. The molecule has 2 aromatic heterocycles. The van der Waals surface area contributed by atoms with Gasteiger partial charge in [0.05, 0.1) is 11.4 Å². The summed E-state index contributed by atoms with van der Waals surface area (Å²) in [5.41, 5.74) is -3.89. The minimum atomic E-state index is -4.88. The van der Waals surface area contributed by atoms with Crippen LogP contribution >= 0.6 is 23.2 Å². The predicted molar refractivity (Wildman–Crippen MR) is 172 cm³/mol. The Bertz CT molecular complexity index is 1340. The average Bonchev–Trinajstić information content (AvgIpc) is 2.89. The number of aromatic nitrogens is 2. The van der Waals surface area contributed by atoms with Crippen LogP contribution in [0.4, 0.5) is 35.1 Å². The lowest BCUT2D eigenvalue weighted by atomic mass is 9.82. The van der Waals surface area contributed by atoms with Gasteiger partial charge in [0.25, 0.3) is 0 Å². The standard InChI is InChI=1S/2C15H20ClF4NO2S/c2*1-13(2,3)24(23)8-14(4,7-10(22)15(18,19)20)12-9(17)5-6-11(16)21-12/h2*5-6,10,22H,7-8H2,1-4H3/t10-,14+,24-;10-,14-,24+/m01/s1. The van der Waals surface area contributed by atoms with Gasteiger partial charge in [-0.25, -0.2) is 18.7 Å². The second-order valence-electron chi connectivity index (χ2n) is 13.8. The van der Waals surface area contributed by atoms with Gasteiger partial charge in [0.2, 0.25) is 0 Å². The molecule has 0 radical (unpaired) electrons. The molecule has 0 unspecified atom stereocenters. The van der Waals surface area contributed by atoms with Gasteiger partial charge in [-0.15, -0.1) is 0 Å². The molecule has 0 fully saturated rings. The van der Waals surface area contributed by atoms with E-state index in [4.69, 9.17) is 23.2 Å². The summed E-state index contributed by atoms with van der Waals surface area (Å²) < 4.78 is 128. The molecule has 0 amide bonds. The van der Waals surface area contributed by atoms with Crippen molar-refractivity contribution in [3.05, 3.63) is 57.6 Å². The molecule has 0 aromatic carbocycles. The van der Waals surface area contributed by atoms with Crippen molar-refractivity contribution in [1.82, 2.24) is 9.97 Å². The third-order valence-electron chi connectivity index (χ3n) is 7.08. The molecule has 276 valence electrons. The van der Waals surface area contributed by atoms with Crippen LogP contribution in [-0.2, 0) is 32.4 Å². The summed E-state index contributed by atoms with van der Waals surface area (Å²) in [7, 11) is -3.19. The molecule has 0 aliphatic rings. The quantitative estimate of drug-likeness (QED) is 0.188. The largest absolute Gasteiger partial charge is 0.414 e. The fraction of sp³-hybridized carbons (Fsp3) is 0.667. The van der Waals surface area contributed by atoms with E-state index in [1.807, 2.05) is 0 Å². The van der Waals surface area contributed by atoms with Crippen LogP contribution in [0, 0.1) is 11.6 Å². The van der Waals surface area contributed by atoms with Gasteiger partial charge in [0.1, 0.15) is 21.9 Å². The van der Waals surface area contributed by atoms with E-state index in [0.717, 1.165) is 12.1 Å². The Hall–Kier alpha value is -1.46. The smallest absolute Gasteiger partial charge is 0.384 e. The molecule has 48 heavy (non-hydrogen) atoms. The number of nitrogens with zero attached hydrogens (tertiary/aromatic N) is 2. The molecular weight excluding hydrogens is 739 g/mol. The van der Waals surface area contributed by atoms with Crippen molar-refractivity contribution in [2.24, 2.45) is 0 Å². The number of aliphatic hydroxyl groups is 2. The van der Waals surface area contributed by atoms with Gasteiger partial charge < -0.3 is 10.2 Å². The van der Waals surface area contributed by atoms with Gasteiger partial charge in [-0.3, -0.25) is 8.42 Å². The van der Waals surface area contributed by atoms with Crippen LogP contribution in [0.5, 0.6) is 0 Å². The maximum absolute atomic E-state index is 14.2. The SMILES string of the molecule is CC(C)(C)[S@@](=O)C[C@@](C)(C[C@@H](O)C(F)(F)F)c1nc(Cl)ccc1F.CC(C)(C)[S@@](=O)C[C@@](C)(C[C@H](O)C(F)(F)F)c1nc(Cl)ccc1F. The number of pyridine rings is 2. The first kappa shape index (κ1) is 44.6. The van der Waals surface area contributed by atoms with Crippen molar-refractivity contribution >= 4 is 44.8 Å². The molecule has 0 aliphatic carbocycles. The number of aliphatic hydroxyl groups excluding tert-OH is 2. The zero-order valence-electron chi connectivity index (χ0n) is 27.5. The Labute approximate surface area is 290 Å². The Kier molecular flexibility index (Phi) is 15.1. The first-order chi connectivity index (χ1) is 21.3. The highest BCUT2D eigenvalue weighted by Gasteiger charge is 2.47. The van der Waals surface area contributed by atoms with E-state index < -0.39 is 91.0 Å². The normalized spacial score (nSPS) is 18.1. The summed E-state index contributed by atoms with van der Waals surface area (Å²) in [6.45, 7) is 12.5. The number of halogens is 10. The summed E-state index contributed by atoms with van der Waals surface area (Å²) in [4.78, 5) is 7.59. The first-order valence-electron chi connectivity index (χ1n) is 14.2. The fourth-order valence-electron chi connectivity index (χ4n) is 4.23. The minimum absolute atomic E-state index is 0.0966. The lowest BCUT2D eigenvalue weighted by molar-refractivity contribution is -0.209. The molecule has 0 saturated carbocycles. The number of hydrogen-bond donors (Lipinski definition) is 2. The number of rotatable bonds is 10. The van der Waals surface area contributed by atoms with E-state index in [2.05, 4.69) is 9.97 Å². The maximum Gasteiger partial charge on any atom is 0.414 e. The molecule has 0 bridgehead atoms. The van der Waals surface area contributed by atoms with Crippen LogP contribution in [0.3, 0.4) is 0 Å². The third kappa shape index (κ3) is 13.0. The first-order valence-corrected chi connectivity index (χ1v) is 17.6. The van der Waals surface area contributed by atoms with Crippen LogP contribution in [0.25, 0.3) is 0 Å². The molecule has 2 aromatic rings. The fourth-order valence-corrected chi connectivity index (χ4v) is 7.06. The molecule has 2 rings (SSSR count). The Morgan fingerprint density at radius 3 is 1.12 bits per heavy atom. The Morgan fingerprint density at radius 2 is 0.896 bits per heavy atom. The molecule has 2 N–H and O–H groups in total. The number of hydrogen-bond acceptors (Lipinski definition) is 6. The molecule has 0 aliphatic heterocycles. The van der Waals surface area contributed by atoms with Crippen molar-refractivity contribution in [3.63, 3.8) is 0 Å². The molecule has 6 nitrogen and oxygen atoms in total. The molecule has 0 saturated heterocycles. The van der Waals surface area contributed by atoms with Crippen LogP contribution in [-0.4, -0.2) is 74.2 Å². The highest BCUT2D eigenvalue weighted by atomic mass is 35.5. The Balaban J connectivity index is 0.000000480. The van der Waals surface area contributed by atoms with Crippen molar-refractivity contribution in [3.8, 4) is 0 Å². The third-order valence-corrected chi connectivity index (χ3v) is 12.0. The van der Waals surface area contributed by atoms with E-state index in [0.29, 0.717) is 0 Å². The van der Waals surface area contributed by atoms with Gasteiger partial charge >= 0.3 is 12.4 Å². The lowest BCUT2D eigenvalue weighted by Gasteiger charge is -2.34. The average molecular weight is 780 g/mol. The van der Waals surface area contributed by atoms with E-state index in [9.17, 15) is 53.8 Å². The maximum atomic E-state index is 14.2.